The Balaban J connectivity index is 2.31. The van der Waals surface area contributed by atoms with Crippen LogP contribution in [0.5, 0.6) is 5.75 Å². The summed E-state index contributed by atoms with van der Waals surface area (Å²) in [5, 5.41) is 23.1. The molecule has 6 heteroatoms. The molecule has 0 saturated heterocycles. The van der Waals surface area contributed by atoms with E-state index in [0.29, 0.717) is 23.2 Å². The van der Waals surface area contributed by atoms with Crippen molar-refractivity contribution in [1.29, 1.82) is 0 Å². The van der Waals surface area contributed by atoms with Crippen molar-refractivity contribution in [2.24, 2.45) is 0 Å². The monoisotopic (exact) mass is 265 g/mol. The predicted molar refractivity (Wildman–Crippen MR) is 70.2 cm³/mol. The fourth-order valence-corrected chi connectivity index (χ4v) is 2.10. The maximum Gasteiger partial charge on any atom is 0.318 e. The number of aromatic hydroxyl groups is 1. The van der Waals surface area contributed by atoms with Crippen LogP contribution in [0.1, 0.15) is 19.1 Å². The summed E-state index contributed by atoms with van der Waals surface area (Å²) in [5.41, 5.74) is 0.418. The topological polar surface area (TPSA) is 93.1 Å². The number of nitro groups is 1. The first-order valence-corrected chi connectivity index (χ1v) is 6.34. The van der Waals surface area contributed by atoms with E-state index in [9.17, 15) is 15.2 Å². The second-order valence-electron chi connectivity index (χ2n) is 4.40. The summed E-state index contributed by atoms with van der Waals surface area (Å²) in [4.78, 5) is 10.7. The van der Waals surface area contributed by atoms with Gasteiger partial charge in [-0.1, -0.05) is 0 Å². The number of nitrogens with two attached hydrogens (primary N) is 1. The molecule has 0 aliphatic rings. The zero-order valence-electron chi connectivity index (χ0n) is 10.8. The molecule has 2 rings (SSSR count). The van der Waals surface area contributed by atoms with Crippen molar-refractivity contribution < 1.29 is 19.8 Å². The number of benzene rings is 1. The van der Waals surface area contributed by atoms with Crippen LogP contribution in [0.4, 0.5) is 5.69 Å². The summed E-state index contributed by atoms with van der Waals surface area (Å²) < 4.78 is 5.53. The highest BCUT2D eigenvalue weighted by molar-refractivity contribution is 5.89. The van der Waals surface area contributed by atoms with E-state index < -0.39 is 4.92 Å². The van der Waals surface area contributed by atoms with Gasteiger partial charge in [-0.2, -0.15) is 0 Å². The second-order valence-corrected chi connectivity index (χ2v) is 4.40. The van der Waals surface area contributed by atoms with Gasteiger partial charge in [0.05, 0.1) is 18.0 Å². The minimum atomic E-state index is -0.440. The van der Waals surface area contributed by atoms with E-state index >= 15 is 0 Å². The van der Waals surface area contributed by atoms with Crippen molar-refractivity contribution >= 4 is 16.7 Å². The number of furan rings is 1. The Labute approximate surface area is 110 Å². The molecule has 0 unspecified atom stereocenters. The molecule has 6 nitrogen and oxygen atoms in total. The van der Waals surface area contributed by atoms with Gasteiger partial charge in [0.15, 0.2) is 5.76 Å². The van der Waals surface area contributed by atoms with E-state index in [4.69, 9.17) is 4.42 Å². The van der Waals surface area contributed by atoms with E-state index in [2.05, 4.69) is 12.2 Å². The van der Waals surface area contributed by atoms with Crippen LogP contribution in [0, 0.1) is 10.1 Å². The van der Waals surface area contributed by atoms with Crippen molar-refractivity contribution in [3.63, 3.8) is 0 Å². The van der Waals surface area contributed by atoms with Gasteiger partial charge < -0.3 is 14.8 Å². The molecular formula is C13H17N2O4+. The summed E-state index contributed by atoms with van der Waals surface area (Å²) >= 11 is 0. The Morgan fingerprint density at radius 3 is 2.95 bits per heavy atom. The minimum absolute atomic E-state index is 0.00210. The number of phenols is 1. The lowest BCUT2D eigenvalue weighted by molar-refractivity contribution is -0.651. The van der Waals surface area contributed by atoms with Gasteiger partial charge in [0, 0.05) is 12.8 Å². The molecule has 3 N–H and O–H groups in total. The third kappa shape index (κ3) is 2.85. The van der Waals surface area contributed by atoms with Gasteiger partial charge >= 0.3 is 5.69 Å². The third-order valence-corrected chi connectivity index (χ3v) is 3.00. The molecule has 1 heterocycles. The SMILES string of the molecule is CC[NH2+]CCCc1oc2ccc(O)cc2c1[N+](=O)[O-]. The van der Waals surface area contributed by atoms with Crippen LogP contribution in [0.2, 0.25) is 0 Å². The van der Waals surface area contributed by atoms with Crippen LogP contribution in [0.15, 0.2) is 22.6 Å². The van der Waals surface area contributed by atoms with Gasteiger partial charge in [0.2, 0.25) is 0 Å². The first-order chi connectivity index (χ1) is 9.13. The molecule has 0 bridgehead atoms. The summed E-state index contributed by atoms with van der Waals surface area (Å²) in [7, 11) is 0. The molecule has 0 aliphatic carbocycles. The van der Waals surface area contributed by atoms with Gasteiger partial charge in [-0.05, 0) is 25.1 Å². The highest BCUT2D eigenvalue weighted by atomic mass is 16.6. The van der Waals surface area contributed by atoms with Crippen LogP contribution < -0.4 is 5.32 Å². The van der Waals surface area contributed by atoms with Crippen molar-refractivity contribution in [1.82, 2.24) is 0 Å². The van der Waals surface area contributed by atoms with E-state index in [1.807, 2.05) is 0 Å². The Morgan fingerprint density at radius 1 is 1.47 bits per heavy atom. The summed E-state index contributed by atoms with van der Waals surface area (Å²) in [6.45, 7) is 3.97. The lowest BCUT2D eigenvalue weighted by Gasteiger charge is -1.97. The van der Waals surface area contributed by atoms with Crippen LogP contribution in [0.3, 0.4) is 0 Å². The zero-order chi connectivity index (χ0) is 13.8. The van der Waals surface area contributed by atoms with Crippen molar-refractivity contribution in [2.75, 3.05) is 13.1 Å². The van der Waals surface area contributed by atoms with Crippen LogP contribution in [0.25, 0.3) is 11.0 Å². The second kappa shape index (κ2) is 5.71. The normalized spacial score (nSPS) is 11.0. The highest BCUT2D eigenvalue weighted by Gasteiger charge is 2.24. The molecule has 2 aromatic rings. The standard InChI is InChI=1S/C13H16N2O4/c1-2-14-7-3-4-12-13(15(17)18)10-8-9(16)5-6-11(10)19-12/h5-6,8,14,16H,2-4,7H2,1H3/p+1. The number of rotatable bonds is 6. The van der Waals surface area contributed by atoms with E-state index in [-0.39, 0.29) is 11.4 Å². The van der Waals surface area contributed by atoms with Crippen molar-refractivity contribution in [3.8, 4) is 5.75 Å². The Kier molecular flexibility index (Phi) is 4.01. The van der Waals surface area contributed by atoms with Gasteiger partial charge in [0.1, 0.15) is 16.7 Å². The Morgan fingerprint density at radius 2 is 2.26 bits per heavy atom. The largest absolute Gasteiger partial charge is 0.508 e. The average Bonchev–Trinajstić information content (AvgIpc) is 2.72. The quantitative estimate of drug-likeness (QED) is 0.471. The summed E-state index contributed by atoms with van der Waals surface area (Å²) in [6.07, 6.45) is 1.35. The smallest absolute Gasteiger partial charge is 0.318 e. The first kappa shape index (κ1) is 13.4. The lowest BCUT2D eigenvalue weighted by atomic mass is 10.1. The molecule has 19 heavy (non-hydrogen) atoms. The third-order valence-electron chi connectivity index (χ3n) is 3.00. The van der Waals surface area contributed by atoms with Gasteiger partial charge in [0.25, 0.3) is 0 Å². The fourth-order valence-electron chi connectivity index (χ4n) is 2.10. The number of aryl methyl sites for hydroxylation is 1. The summed E-state index contributed by atoms with van der Waals surface area (Å²) in [6, 6.07) is 4.39. The molecule has 1 aromatic carbocycles. The molecule has 0 saturated carbocycles. The number of hydrogen-bond acceptors (Lipinski definition) is 4. The van der Waals surface area contributed by atoms with Gasteiger partial charge in [-0.15, -0.1) is 0 Å². The van der Waals surface area contributed by atoms with Crippen LogP contribution in [-0.4, -0.2) is 23.1 Å². The average molecular weight is 265 g/mol. The maximum absolute atomic E-state index is 11.2. The Bertz CT molecular complexity index is 592. The zero-order valence-corrected chi connectivity index (χ0v) is 10.8. The van der Waals surface area contributed by atoms with Gasteiger partial charge in [-0.25, -0.2) is 0 Å². The molecule has 0 spiro atoms. The van der Waals surface area contributed by atoms with Crippen molar-refractivity contribution in [2.45, 2.75) is 19.8 Å². The number of hydrogen-bond donors (Lipinski definition) is 2. The van der Waals surface area contributed by atoms with Gasteiger partial charge in [-0.3, -0.25) is 10.1 Å². The van der Waals surface area contributed by atoms with Crippen LogP contribution >= 0.6 is 0 Å². The molecule has 0 radical (unpaired) electrons. The number of fused-ring (bicyclic) bond motifs is 1. The lowest BCUT2D eigenvalue weighted by Crippen LogP contribution is -2.83. The molecule has 0 aliphatic heterocycles. The molecule has 0 amide bonds. The number of phenolic OH excluding ortho intramolecular Hbond substituents is 1. The molecule has 0 fully saturated rings. The highest BCUT2D eigenvalue weighted by Crippen LogP contribution is 2.35. The number of quaternary nitrogens is 1. The summed E-state index contributed by atoms with van der Waals surface area (Å²) in [5.74, 6) is 0.386. The molecular weight excluding hydrogens is 248 g/mol. The minimum Gasteiger partial charge on any atom is -0.508 e. The molecule has 1 aromatic heterocycles. The maximum atomic E-state index is 11.2. The Hall–Kier alpha value is -2.08. The fraction of sp³-hybridized carbons (Fsp3) is 0.385. The van der Waals surface area contributed by atoms with E-state index in [1.54, 1.807) is 6.07 Å². The predicted octanol–water partition coefficient (Wildman–Crippen LogP) is 1.56. The van der Waals surface area contributed by atoms with Crippen LogP contribution in [-0.2, 0) is 6.42 Å². The van der Waals surface area contributed by atoms with E-state index in [0.717, 1.165) is 19.5 Å². The van der Waals surface area contributed by atoms with Crippen molar-refractivity contribution in [3.05, 3.63) is 34.1 Å². The van der Waals surface area contributed by atoms with E-state index in [1.165, 1.54) is 12.1 Å². The first-order valence-electron chi connectivity index (χ1n) is 6.34. The molecule has 102 valence electrons. The molecule has 0 atom stereocenters. The number of nitrogens with zero attached hydrogens (tertiary/aromatic N) is 1.